The number of imidazole rings is 1. The summed E-state index contributed by atoms with van der Waals surface area (Å²) < 4.78 is 3.04. The van der Waals surface area contributed by atoms with Gasteiger partial charge < -0.3 is 9.80 Å². The Labute approximate surface area is 161 Å². The average molecular weight is 380 g/mol. The van der Waals surface area contributed by atoms with Crippen molar-refractivity contribution < 1.29 is 4.79 Å². The first-order valence-corrected chi connectivity index (χ1v) is 8.95. The second kappa shape index (κ2) is 7.22. The number of carbonyl (C=O) groups excluding carboxylic acids is 1. The predicted octanol–water partition coefficient (Wildman–Crippen LogP) is 0.0268. The van der Waals surface area contributed by atoms with Crippen molar-refractivity contribution in [1.29, 1.82) is 0 Å². The van der Waals surface area contributed by atoms with Gasteiger partial charge in [-0.05, 0) is 25.1 Å². The molecule has 0 atom stereocenters. The van der Waals surface area contributed by atoms with Crippen LogP contribution in [0.15, 0.2) is 41.5 Å². The van der Waals surface area contributed by atoms with Crippen LogP contribution < -0.4 is 10.5 Å². The summed E-state index contributed by atoms with van der Waals surface area (Å²) in [6.45, 7) is 4.30. The fraction of sp³-hybridized carbons (Fsp3) is 0.333. The highest BCUT2D eigenvalue weighted by molar-refractivity contribution is 5.92. The van der Waals surface area contributed by atoms with Gasteiger partial charge in [0.2, 0.25) is 0 Å². The number of anilines is 1. The Kier molecular flexibility index (Phi) is 4.60. The summed E-state index contributed by atoms with van der Waals surface area (Å²) in [5.74, 6) is 2.16. The molecule has 1 aliphatic rings. The maximum absolute atomic E-state index is 12.6. The molecule has 3 aromatic rings. The summed E-state index contributed by atoms with van der Waals surface area (Å²) in [6, 6.07) is 6.66. The molecule has 1 saturated heterocycles. The van der Waals surface area contributed by atoms with Crippen LogP contribution in [0.2, 0.25) is 0 Å². The van der Waals surface area contributed by atoms with E-state index in [2.05, 4.69) is 25.2 Å². The molecule has 1 fully saturated rings. The Morgan fingerprint density at radius 2 is 1.71 bits per heavy atom. The van der Waals surface area contributed by atoms with Crippen LogP contribution in [0.3, 0.4) is 0 Å². The first-order valence-electron chi connectivity index (χ1n) is 8.95. The van der Waals surface area contributed by atoms with Gasteiger partial charge in [0.05, 0.1) is 0 Å². The van der Waals surface area contributed by atoms with E-state index in [1.54, 1.807) is 11.1 Å². The highest BCUT2D eigenvalue weighted by atomic mass is 16.2. The van der Waals surface area contributed by atoms with Crippen LogP contribution in [0.4, 0.5) is 5.82 Å². The fourth-order valence-electron chi connectivity index (χ4n) is 3.15. The minimum atomic E-state index is -0.241. The molecule has 0 saturated carbocycles. The molecule has 10 nitrogen and oxygen atoms in total. The number of aromatic nitrogens is 6. The Bertz CT molecular complexity index is 1050. The molecular weight excluding hydrogens is 360 g/mol. The number of hydrogen-bond acceptors (Lipinski definition) is 7. The van der Waals surface area contributed by atoms with E-state index in [0.29, 0.717) is 32.0 Å². The molecule has 28 heavy (non-hydrogen) atoms. The molecular formula is C18H20N8O2. The van der Waals surface area contributed by atoms with E-state index < -0.39 is 0 Å². The SMILES string of the molecule is Cc1nccn1-c1ccc(N2CCN(C(=O)c3ccc(=O)n(C)n3)CC2)nn1. The van der Waals surface area contributed by atoms with Gasteiger partial charge in [0.1, 0.15) is 11.5 Å². The molecule has 0 unspecified atom stereocenters. The van der Waals surface area contributed by atoms with Crippen molar-refractivity contribution in [2.75, 3.05) is 31.1 Å². The monoisotopic (exact) mass is 380 g/mol. The molecule has 0 N–H and O–H groups in total. The normalized spacial score (nSPS) is 14.4. The van der Waals surface area contributed by atoms with E-state index in [1.807, 2.05) is 29.8 Å². The maximum Gasteiger partial charge on any atom is 0.274 e. The van der Waals surface area contributed by atoms with Gasteiger partial charge in [-0.15, -0.1) is 10.2 Å². The molecule has 0 aliphatic carbocycles. The van der Waals surface area contributed by atoms with Crippen LogP contribution in [0, 0.1) is 6.92 Å². The third-order valence-corrected chi connectivity index (χ3v) is 4.78. The lowest BCUT2D eigenvalue weighted by Crippen LogP contribution is -2.49. The first-order chi connectivity index (χ1) is 13.5. The minimum Gasteiger partial charge on any atom is -0.352 e. The highest BCUT2D eigenvalue weighted by Gasteiger charge is 2.24. The number of nitrogens with zero attached hydrogens (tertiary/aromatic N) is 8. The van der Waals surface area contributed by atoms with E-state index in [-0.39, 0.29) is 17.2 Å². The van der Waals surface area contributed by atoms with Crippen molar-refractivity contribution in [2.45, 2.75) is 6.92 Å². The number of hydrogen-bond donors (Lipinski definition) is 0. The average Bonchev–Trinajstić information content (AvgIpc) is 3.16. The zero-order valence-corrected chi connectivity index (χ0v) is 15.7. The van der Waals surface area contributed by atoms with Gasteiger partial charge in [0.15, 0.2) is 11.6 Å². The highest BCUT2D eigenvalue weighted by Crippen LogP contribution is 2.15. The lowest BCUT2D eigenvalue weighted by Gasteiger charge is -2.35. The number of amides is 1. The number of piperazine rings is 1. The van der Waals surface area contributed by atoms with E-state index in [1.165, 1.54) is 23.9 Å². The van der Waals surface area contributed by atoms with Crippen molar-refractivity contribution in [1.82, 2.24) is 34.4 Å². The second-order valence-corrected chi connectivity index (χ2v) is 6.55. The summed E-state index contributed by atoms with van der Waals surface area (Å²) in [7, 11) is 1.53. The van der Waals surface area contributed by atoms with Crippen LogP contribution >= 0.6 is 0 Å². The van der Waals surface area contributed by atoms with E-state index in [0.717, 1.165) is 11.6 Å². The molecule has 144 valence electrons. The summed E-state index contributed by atoms with van der Waals surface area (Å²) in [6.07, 6.45) is 3.57. The van der Waals surface area contributed by atoms with Crippen molar-refractivity contribution in [3.63, 3.8) is 0 Å². The lowest BCUT2D eigenvalue weighted by molar-refractivity contribution is 0.0738. The second-order valence-electron chi connectivity index (χ2n) is 6.55. The standard InChI is InChI=1S/C18H20N8O2/c1-13-19-7-8-26(13)16-5-4-15(20-21-16)24-9-11-25(12-10-24)18(28)14-3-6-17(27)23(2)22-14/h3-8H,9-12H2,1-2H3. The van der Waals surface area contributed by atoms with E-state index in [9.17, 15) is 9.59 Å². The summed E-state index contributed by atoms with van der Waals surface area (Å²) in [5.41, 5.74) is 0.0321. The predicted molar refractivity (Wildman–Crippen MR) is 101 cm³/mol. The molecule has 4 rings (SSSR count). The van der Waals surface area contributed by atoms with Gasteiger partial charge in [0, 0.05) is 51.7 Å². The molecule has 3 aromatic heterocycles. The van der Waals surface area contributed by atoms with Crippen LogP contribution in [-0.4, -0.2) is 66.5 Å². The molecule has 0 bridgehead atoms. The van der Waals surface area contributed by atoms with E-state index in [4.69, 9.17) is 0 Å². The topological polar surface area (TPSA) is 102 Å². The zero-order chi connectivity index (χ0) is 19.7. The molecule has 0 aromatic carbocycles. The van der Waals surface area contributed by atoms with Gasteiger partial charge in [-0.25, -0.2) is 9.67 Å². The minimum absolute atomic E-state index is 0.174. The Hall–Kier alpha value is -3.56. The van der Waals surface area contributed by atoms with Gasteiger partial charge >= 0.3 is 0 Å². The smallest absolute Gasteiger partial charge is 0.274 e. The Morgan fingerprint density at radius 1 is 1.00 bits per heavy atom. The molecule has 1 aliphatic heterocycles. The lowest BCUT2D eigenvalue weighted by atomic mass is 10.2. The van der Waals surface area contributed by atoms with Gasteiger partial charge in [-0.3, -0.25) is 14.2 Å². The quantitative estimate of drug-likeness (QED) is 0.631. The van der Waals surface area contributed by atoms with Crippen molar-refractivity contribution in [3.8, 4) is 5.82 Å². The van der Waals surface area contributed by atoms with Crippen molar-refractivity contribution in [3.05, 3.63) is 58.5 Å². The Balaban J connectivity index is 1.41. The molecule has 1 amide bonds. The third-order valence-electron chi connectivity index (χ3n) is 4.78. The summed E-state index contributed by atoms with van der Waals surface area (Å²) in [5, 5.41) is 12.6. The number of aryl methyl sites for hydroxylation is 2. The van der Waals surface area contributed by atoms with E-state index >= 15 is 0 Å². The van der Waals surface area contributed by atoms with Crippen molar-refractivity contribution >= 4 is 11.7 Å². The summed E-state index contributed by atoms with van der Waals surface area (Å²) >= 11 is 0. The number of carbonyl (C=O) groups is 1. The fourth-order valence-corrected chi connectivity index (χ4v) is 3.15. The van der Waals surface area contributed by atoms with Crippen molar-refractivity contribution in [2.24, 2.45) is 7.05 Å². The van der Waals surface area contributed by atoms with Crippen LogP contribution in [0.1, 0.15) is 16.3 Å². The Morgan fingerprint density at radius 3 is 2.32 bits per heavy atom. The first kappa shape index (κ1) is 17.8. The largest absolute Gasteiger partial charge is 0.352 e. The van der Waals surface area contributed by atoms with Gasteiger partial charge in [0.25, 0.3) is 11.5 Å². The van der Waals surface area contributed by atoms with Crippen LogP contribution in [0.25, 0.3) is 5.82 Å². The molecule has 0 radical (unpaired) electrons. The van der Waals surface area contributed by atoms with Gasteiger partial charge in [-0.1, -0.05) is 0 Å². The molecule has 4 heterocycles. The van der Waals surface area contributed by atoms with Crippen LogP contribution in [-0.2, 0) is 7.05 Å². The van der Waals surface area contributed by atoms with Crippen LogP contribution in [0.5, 0.6) is 0 Å². The number of rotatable bonds is 3. The molecule has 10 heteroatoms. The van der Waals surface area contributed by atoms with Gasteiger partial charge in [-0.2, -0.15) is 5.10 Å². The maximum atomic E-state index is 12.6. The zero-order valence-electron chi connectivity index (χ0n) is 15.7. The third kappa shape index (κ3) is 3.36. The molecule has 0 spiro atoms. The summed E-state index contributed by atoms with van der Waals surface area (Å²) in [4.78, 5) is 32.1.